The summed E-state index contributed by atoms with van der Waals surface area (Å²) >= 11 is 1.59. The third kappa shape index (κ3) is 7.52. The summed E-state index contributed by atoms with van der Waals surface area (Å²) in [4.78, 5) is 27.5. The van der Waals surface area contributed by atoms with E-state index in [4.69, 9.17) is 0 Å². The van der Waals surface area contributed by atoms with E-state index in [1.54, 1.807) is 16.7 Å². The minimum Gasteiger partial charge on any atom is -0.354 e. The lowest BCUT2D eigenvalue weighted by molar-refractivity contribution is -0.138. The first-order valence-corrected chi connectivity index (χ1v) is 11.8. The van der Waals surface area contributed by atoms with E-state index in [1.807, 2.05) is 38.1 Å². The van der Waals surface area contributed by atoms with Crippen molar-refractivity contribution in [3.8, 4) is 0 Å². The third-order valence-corrected chi connectivity index (χ3v) is 6.20. The standard InChI is InChI=1S/C25H34N2O2S/c1-5-6-15-26-25(29)21(4)27(16-23-10-8-7-9-20(23)3)24(28)18-30-17-22-13-11-19(2)12-14-22/h7-14,21H,5-6,15-18H2,1-4H3,(H,26,29)/t21-/m1/s1. The van der Waals surface area contributed by atoms with Gasteiger partial charge < -0.3 is 10.2 Å². The number of hydrogen-bond donors (Lipinski definition) is 1. The first-order chi connectivity index (χ1) is 14.4. The van der Waals surface area contributed by atoms with E-state index >= 15 is 0 Å². The molecule has 2 aromatic carbocycles. The molecular formula is C25H34N2O2S. The van der Waals surface area contributed by atoms with Crippen LogP contribution in [0.15, 0.2) is 48.5 Å². The summed E-state index contributed by atoms with van der Waals surface area (Å²) in [5.74, 6) is 1.04. The Labute approximate surface area is 185 Å². The van der Waals surface area contributed by atoms with Crippen molar-refractivity contribution in [2.24, 2.45) is 0 Å². The molecular weight excluding hydrogens is 392 g/mol. The van der Waals surface area contributed by atoms with Crippen LogP contribution in [0.1, 0.15) is 48.9 Å². The van der Waals surface area contributed by atoms with Crippen molar-refractivity contribution >= 4 is 23.6 Å². The molecule has 162 valence electrons. The van der Waals surface area contributed by atoms with Gasteiger partial charge in [-0.3, -0.25) is 9.59 Å². The molecule has 0 fully saturated rings. The Morgan fingerprint density at radius 2 is 1.77 bits per heavy atom. The Balaban J connectivity index is 2.04. The molecule has 0 aromatic heterocycles. The highest BCUT2D eigenvalue weighted by Crippen LogP contribution is 2.18. The Morgan fingerprint density at radius 3 is 2.43 bits per heavy atom. The average molecular weight is 427 g/mol. The average Bonchev–Trinajstić information content (AvgIpc) is 2.74. The molecule has 2 amide bonds. The second-order valence-electron chi connectivity index (χ2n) is 7.75. The molecule has 0 saturated heterocycles. The third-order valence-electron chi connectivity index (χ3n) is 5.21. The van der Waals surface area contributed by atoms with Gasteiger partial charge in [0.2, 0.25) is 11.8 Å². The topological polar surface area (TPSA) is 49.4 Å². The maximum atomic E-state index is 13.1. The number of amides is 2. The molecule has 0 aliphatic rings. The Morgan fingerprint density at radius 1 is 1.07 bits per heavy atom. The van der Waals surface area contributed by atoms with Crippen LogP contribution in [0.5, 0.6) is 0 Å². The molecule has 0 heterocycles. The minimum absolute atomic E-state index is 0.00601. The first-order valence-electron chi connectivity index (χ1n) is 10.7. The van der Waals surface area contributed by atoms with Crippen LogP contribution in [-0.4, -0.2) is 35.1 Å². The van der Waals surface area contributed by atoms with E-state index in [2.05, 4.69) is 43.4 Å². The van der Waals surface area contributed by atoms with Gasteiger partial charge in [-0.1, -0.05) is 67.4 Å². The fraction of sp³-hybridized carbons (Fsp3) is 0.440. The number of carbonyl (C=O) groups excluding carboxylic acids is 2. The zero-order valence-corrected chi connectivity index (χ0v) is 19.4. The van der Waals surface area contributed by atoms with Gasteiger partial charge in [-0.2, -0.15) is 0 Å². The summed E-state index contributed by atoms with van der Waals surface area (Å²) < 4.78 is 0. The Hall–Kier alpha value is -2.27. The van der Waals surface area contributed by atoms with E-state index in [9.17, 15) is 9.59 Å². The quantitative estimate of drug-likeness (QED) is 0.522. The highest BCUT2D eigenvalue weighted by molar-refractivity contribution is 7.99. The molecule has 0 radical (unpaired) electrons. The summed E-state index contributed by atoms with van der Waals surface area (Å²) in [5.41, 5.74) is 4.63. The fourth-order valence-corrected chi connectivity index (χ4v) is 3.98. The number of thioether (sulfide) groups is 1. The second kappa shape index (κ2) is 12.4. The van der Waals surface area contributed by atoms with Crippen molar-refractivity contribution in [3.63, 3.8) is 0 Å². The van der Waals surface area contributed by atoms with Crippen LogP contribution >= 0.6 is 11.8 Å². The van der Waals surface area contributed by atoms with Crippen molar-refractivity contribution in [2.75, 3.05) is 12.3 Å². The molecule has 0 aliphatic heterocycles. The highest BCUT2D eigenvalue weighted by Gasteiger charge is 2.26. The van der Waals surface area contributed by atoms with Crippen molar-refractivity contribution in [3.05, 3.63) is 70.8 Å². The molecule has 0 spiro atoms. The van der Waals surface area contributed by atoms with Crippen molar-refractivity contribution < 1.29 is 9.59 Å². The van der Waals surface area contributed by atoms with Crippen molar-refractivity contribution in [1.82, 2.24) is 10.2 Å². The van der Waals surface area contributed by atoms with Crippen LogP contribution < -0.4 is 5.32 Å². The van der Waals surface area contributed by atoms with E-state index < -0.39 is 6.04 Å². The van der Waals surface area contributed by atoms with Crippen LogP contribution in [-0.2, 0) is 21.9 Å². The molecule has 30 heavy (non-hydrogen) atoms. The Kier molecular flexibility index (Phi) is 9.95. The number of aryl methyl sites for hydroxylation is 2. The van der Waals surface area contributed by atoms with Gasteiger partial charge in [-0.25, -0.2) is 0 Å². The smallest absolute Gasteiger partial charge is 0.242 e. The zero-order valence-electron chi connectivity index (χ0n) is 18.6. The van der Waals surface area contributed by atoms with Crippen LogP contribution in [0.4, 0.5) is 0 Å². The predicted octanol–water partition coefficient (Wildman–Crippen LogP) is 4.87. The highest BCUT2D eigenvalue weighted by atomic mass is 32.2. The predicted molar refractivity (Wildman–Crippen MR) is 126 cm³/mol. The first kappa shape index (κ1) is 24.0. The van der Waals surface area contributed by atoms with Crippen molar-refractivity contribution in [2.45, 2.75) is 58.9 Å². The number of nitrogens with zero attached hydrogens (tertiary/aromatic N) is 1. The molecule has 0 bridgehead atoms. The SMILES string of the molecule is CCCCNC(=O)[C@@H](C)N(Cc1ccccc1C)C(=O)CSCc1ccc(C)cc1. The summed E-state index contributed by atoms with van der Waals surface area (Å²) in [6.45, 7) is 9.11. The Bertz CT molecular complexity index is 820. The van der Waals surface area contributed by atoms with E-state index in [0.29, 0.717) is 18.8 Å². The minimum atomic E-state index is -0.506. The van der Waals surface area contributed by atoms with Gasteiger partial charge in [0.15, 0.2) is 0 Å². The number of rotatable bonds is 11. The van der Waals surface area contributed by atoms with E-state index in [1.165, 1.54) is 11.1 Å². The van der Waals surface area contributed by atoms with Gasteiger partial charge in [0, 0.05) is 18.8 Å². The number of nitrogens with one attached hydrogen (secondary N) is 1. The molecule has 1 N–H and O–H groups in total. The number of hydrogen-bond acceptors (Lipinski definition) is 3. The normalized spacial score (nSPS) is 11.7. The van der Waals surface area contributed by atoms with E-state index in [0.717, 1.165) is 29.7 Å². The molecule has 2 rings (SSSR count). The van der Waals surface area contributed by atoms with E-state index in [-0.39, 0.29) is 11.8 Å². The molecule has 0 saturated carbocycles. The van der Waals surface area contributed by atoms with Crippen LogP contribution in [0.2, 0.25) is 0 Å². The molecule has 2 aromatic rings. The van der Waals surface area contributed by atoms with Crippen molar-refractivity contribution in [1.29, 1.82) is 0 Å². The van der Waals surface area contributed by atoms with Crippen LogP contribution in [0, 0.1) is 13.8 Å². The van der Waals surface area contributed by atoms with Gasteiger partial charge >= 0.3 is 0 Å². The maximum absolute atomic E-state index is 13.1. The van der Waals surface area contributed by atoms with Gasteiger partial charge in [0.1, 0.15) is 6.04 Å². The van der Waals surface area contributed by atoms with Gasteiger partial charge in [-0.05, 0) is 43.9 Å². The lowest BCUT2D eigenvalue weighted by Crippen LogP contribution is -2.48. The van der Waals surface area contributed by atoms with Crippen LogP contribution in [0.3, 0.4) is 0 Å². The summed E-state index contributed by atoms with van der Waals surface area (Å²) in [6, 6.07) is 15.9. The molecule has 4 nitrogen and oxygen atoms in total. The number of unbranched alkanes of at least 4 members (excludes halogenated alkanes) is 1. The second-order valence-corrected chi connectivity index (χ2v) is 8.73. The monoisotopic (exact) mass is 426 g/mol. The zero-order chi connectivity index (χ0) is 21.9. The number of carbonyl (C=O) groups is 2. The lowest BCUT2D eigenvalue weighted by atomic mass is 10.1. The lowest BCUT2D eigenvalue weighted by Gasteiger charge is -2.29. The maximum Gasteiger partial charge on any atom is 0.242 e. The van der Waals surface area contributed by atoms with Gasteiger partial charge in [0.05, 0.1) is 5.75 Å². The van der Waals surface area contributed by atoms with Gasteiger partial charge in [0.25, 0.3) is 0 Å². The molecule has 0 unspecified atom stereocenters. The summed E-state index contributed by atoms with van der Waals surface area (Å²) in [5, 5.41) is 2.97. The van der Waals surface area contributed by atoms with Crippen LogP contribution in [0.25, 0.3) is 0 Å². The molecule has 1 atom stereocenters. The number of benzene rings is 2. The molecule has 5 heteroatoms. The molecule has 0 aliphatic carbocycles. The van der Waals surface area contributed by atoms with Gasteiger partial charge in [-0.15, -0.1) is 11.8 Å². The summed E-state index contributed by atoms with van der Waals surface area (Å²) in [6.07, 6.45) is 1.97. The fourth-order valence-electron chi connectivity index (χ4n) is 3.11. The summed E-state index contributed by atoms with van der Waals surface area (Å²) in [7, 11) is 0. The largest absolute Gasteiger partial charge is 0.354 e.